The van der Waals surface area contributed by atoms with Gasteiger partial charge in [0.05, 0.1) is 20.4 Å². The predicted octanol–water partition coefficient (Wildman–Crippen LogP) is 4.45. The maximum atomic E-state index is 5.05. The topological polar surface area (TPSA) is 46.6 Å². The van der Waals surface area contributed by atoms with Gasteiger partial charge in [-0.3, -0.25) is 0 Å². The molecule has 0 aliphatic carbocycles. The molecule has 1 N–H and O–H groups in total. The molecule has 0 aliphatic rings. The van der Waals surface area contributed by atoms with Gasteiger partial charge in [-0.2, -0.15) is 0 Å². The Morgan fingerprint density at radius 1 is 0.880 bits per heavy atom. The van der Waals surface area contributed by atoms with Gasteiger partial charge in [0.1, 0.15) is 17.3 Å². The molecule has 0 saturated carbocycles. The number of hydrogen-bond acceptors (Lipinski definition) is 5. The van der Waals surface area contributed by atoms with Gasteiger partial charge in [-0.1, -0.05) is 0 Å². The highest BCUT2D eigenvalue weighted by Crippen LogP contribution is 2.16. The number of nitrogens with zero attached hydrogens (tertiary/aromatic N) is 2. The standard InChI is InChI=1S/C10H16N2O.C10H15NO/c1-8(2)12(3)10-6-5-9(13-4)7-11-10;1-8(2)11-9-4-6-10(12-3)7-5-9/h5-8H,1-4H3;4-8,11H,1-3H3. The van der Waals surface area contributed by atoms with Gasteiger partial charge in [-0.25, -0.2) is 4.98 Å². The van der Waals surface area contributed by atoms with Crippen LogP contribution in [-0.4, -0.2) is 38.3 Å². The van der Waals surface area contributed by atoms with Crippen molar-refractivity contribution in [3.8, 4) is 11.5 Å². The quantitative estimate of drug-likeness (QED) is 0.838. The molecule has 5 heteroatoms. The van der Waals surface area contributed by atoms with Crippen molar-refractivity contribution in [2.75, 3.05) is 31.5 Å². The van der Waals surface area contributed by atoms with Gasteiger partial charge in [0.25, 0.3) is 0 Å². The number of ether oxygens (including phenoxy) is 2. The zero-order valence-corrected chi connectivity index (χ0v) is 16.4. The molecule has 25 heavy (non-hydrogen) atoms. The largest absolute Gasteiger partial charge is 0.497 e. The number of methoxy groups -OCH3 is 2. The molecule has 2 rings (SSSR count). The zero-order chi connectivity index (χ0) is 18.8. The second kappa shape index (κ2) is 10.4. The van der Waals surface area contributed by atoms with E-state index < -0.39 is 0 Å². The molecule has 0 bridgehead atoms. The molecule has 2 aromatic rings. The first-order valence-corrected chi connectivity index (χ1v) is 8.50. The van der Waals surface area contributed by atoms with Gasteiger partial charge in [-0.15, -0.1) is 0 Å². The van der Waals surface area contributed by atoms with Crippen LogP contribution in [0.5, 0.6) is 11.5 Å². The van der Waals surface area contributed by atoms with E-state index in [1.165, 1.54) is 0 Å². The third-order valence-electron chi connectivity index (χ3n) is 3.64. The molecule has 1 heterocycles. The fourth-order valence-corrected chi connectivity index (χ4v) is 1.99. The van der Waals surface area contributed by atoms with Crippen LogP contribution in [0.2, 0.25) is 0 Å². The molecule has 0 atom stereocenters. The van der Waals surface area contributed by atoms with E-state index in [-0.39, 0.29) is 0 Å². The van der Waals surface area contributed by atoms with Gasteiger partial charge < -0.3 is 19.7 Å². The molecule has 0 unspecified atom stereocenters. The lowest BCUT2D eigenvalue weighted by molar-refractivity contribution is 0.413. The highest BCUT2D eigenvalue weighted by Gasteiger charge is 2.05. The first-order valence-electron chi connectivity index (χ1n) is 8.50. The average Bonchev–Trinajstić information content (AvgIpc) is 2.62. The maximum Gasteiger partial charge on any atom is 0.137 e. The summed E-state index contributed by atoms with van der Waals surface area (Å²) >= 11 is 0. The van der Waals surface area contributed by atoms with Crippen LogP contribution < -0.4 is 19.7 Å². The van der Waals surface area contributed by atoms with Crippen LogP contribution in [-0.2, 0) is 0 Å². The second-order valence-electron chi connectivity index (χ2n) is 6.29. The predicted molar refractivity (Wildman–Crippen MR) is 106 cm³/mol. The number of hydrogen-bond donors (Lipinski definition) is 1. The van der Waals surface area contributed by atoms with Crippen LogP contribution in [0.15, 0.2) is 42.6 Å². The Labute approximate surface area is 152 Å². The monoisotopic (exact) mass is 345 g/mol. The number of anilines is 2. The molecule has 0 amide bonds. The lowest BCUT2D eigenvalue weighted by Crippen LogP contribution is -2.26. The summed E-state index contributed by atoms with van der Waals surface area (Å²) in [5.74, 6) is 2.65. The van der Waals surface area contributed by atoms with Gasteiger partial charge in [-0.05, 0) is 64.1 Å². The van der Waals surface area contributed by atoms with Crippen LogP contribution in [0, 0.1) is 0 Å². The molecule has 1 aromatic carbocycles. The first kappa shape index (κ1) is 20.6. The fraction of sp³-hybridized carbons (Fsp3) is 0.450. The Hall–Kier alpha value is -2.43. The Morgan fingerprint density at radius 3 is 1.84 bits per heavy atom. The summed E-state index contributed by atoms with van der Waals surface area (Å²) in [7, 11) is 5.34. The minimum absolute atomic E-state index is 0.459. The van der Waals surface area contributed by atoms with Crippen molar-refractivity contribution in [3.63, 3.8) is 0 Å². The third kappa shape index (κ3) is 7.33. The van der Waals surface area contributed by atoms with Crippen molar-refractivity contribution in [2.45, 2.75) is 39.8 Å². The summed E-state index contributed by atoms with van der Waals surface area (Å²) in [6.45, 7) is 8.49. The normalized spacial score (nSPS) is 10.1. The molecule has 0 radical (unpaired) electrons. The summed E-state index contributed by atoms with van der Waals surface area (Å²) in [6, 6.07) is 12.7. The lowest BCUT2D eigenvalue weighted by atomic mass is 10.3. The van der Waals surface area contributed by atoms with E-state index in [1.54, 1.807) is 20.4 Å². The molecule has 138 valence electrons. The number of rotatable bonds is 6. The van der Waals surface area contributed by atoms with Crippen LogP contribution in [0.25, 0.3) is 0 Å². The summed E-state index contributed by atoms with van der Waals surface area (Å²) < 4.78 is 10.1. The minimum Gasteiger partial charge on any atom is -0.497 e. The smallest absolute Gasteiger partial charge is 0.137 e. The molecule has 0 saturated heterocycles. The van der Waals surface area contributed by atoms with Gasteiger partial charge in [0.15, 0.2) is 0 Å². The Morgan fingerprint density at radius 2 is 1.44 bits per heavy atom. The zero-order valence-electron chi connectivity index (χ0n) is 16.4. The molecule has 5 nitrogen and oxygen atoms in total. The van der Waals surface area contributed by atoms with Crippen molar-refractivity contribution in [1.29, 1.82) is 0 Å². The van der Waals surface area contributed by atoms with Crippen LogP contribution in [0.3, 0.4) is 0 Å². The maximum absolute atomic E-state index is 5.05. The van der Waals surface area contributed by atoms with Crippen LogP contribution in [0.4, 0.5) is 11.5 Å². The van der Waals surface area contributed by atoms with E-state index in [0.717, 1.165) is 23.0 Å². The fourth-order valence-electron chi connectivity index (χ4n) is 1.99. The highest BCUT2D eigenvalue weighted by atomic mass is 16.5. The van der Waals surface area contributed by atoms with E-state index in [4.69, 9.17) is 9.47 Å². The van der Waals surface area contributed by atoms with E-state index in [2.05, 4.69) is 42.9 Å². The number of nitrogens with one attached hydrogen (secondary N) is 1. The lowest BCUT2D eigenvalue weighted by Gasteiger charge is -2.22. The number of pyridine rings is 1. The van der Waals surface area contributed by atoms with Gasteiger partial charge in [0.2, 0.25) is 0 Å². The summed E-state index contributed by atoms with van der Waals surface area (Å²) in [6.07, 6.45) is 1.73. The third-order valence-corrected chi connectivity index (χ3v) is 3.64. The molecule has 1 aromatic heterocycles. The number of aromatic nitrogens is 1. The summed E-state index contributed by atoms with van der Waals surface area (Å²) in [4.78, 5) is 6.38. The minimum atomic E-state index is 0.459. The van der Waals surface area contributed by atoms with Gasteiger partial charge in [0, 0.05) is 24.8 Å². The number of benzene rings is 1. The molecule has 0 aliphatic heterocycles. The molecule has 0 spiro atoms. The van der Waals surface area contributed by atoms with Crippen molar-refractivity contribution in [1.82, 2.24) is 4.98 Å². The van der Waals surface area contributed by atoms with Crippen molar-refractivity contribution in [3.05, 3.63) is 42.6 Å². The summed E-state index contributed by atoms with van der Waals surface area (Å²) in [5.41, 5.74) is 1.13. The Bertz CT molecular complexity index is 595. The Kier molecular flexibility index (Phi) is 8.61. The van der Waals surface area contributed by atoms with E-state index in [9.17, 15) is 0 Å². The summed E-state index contributed by atoms with van der Waals surface area (Å²) in [5, 5.41) is 3.30. The van der Waals surface area contributed by atoms with Crippen molar-refractivity contribution in [2.24, 2.45) is 0 Å². The SMILES string of the molecule is COc1ccc(N(C)C(C)C)nc1.COc1ccc(NC(C)C)cc1. The molecular formula is C20H31N3O2. The van der Waals surface area contributed by atoms with Crippen LogP contribution in [0.1, 0.15) is 27.7 Å². The Balaban J connectivity index is 0.000000251. The molecular weight excluding hydrogens is 314 g/mol. The highest BCUT2D eigenvalue weighted by molar-refractivity contribution is 5.46. The van der Waals surface area contributed by atoms with E-state index in [0.29, 0.717) is 12.1 Å². The van der Waals surface area contributed by atoms with E-state index >= 15 is 0 Å². The average molecular weight is 345 g/mol. The second-order valence-corrected chi connectivity index (χ2v) is 6.29. The van der Waals surface area contributed by atoms with Crippen molar-refractivity contribution >= 4 is 11.5 Å². The van der Waals surface area contributed by atoms with Crippen LogP contribution >= 0.6 is 0 Å². The van der Waals surface area contributed by atoms with E-state index in [1.807, 2.05) is 43.4 Å². The van der Waals surface area contributed by atoms with Gasteiger partial charge >= 0.3 is 0 Å². The van der Waals surface area contributed by atoms with Crippen molar-refractivity contribution < 1.29 is 9.47 Å². The first-order chi connectivity index (χ1) is 11.9. The molecule has 0 fully saturated rings.